The molecule has 3 heterocycles. The second kappa shape index (κ2) is 3.00. The maximum absolute atomic E-state index is 4.44. The van der Waals surface area contributed by atoms with Gasteiger partial charge in [-0.1, -0.05) is 0 Å². The molecule has 0 amide bonds. The molecule has 4 heteroatoms. The van der Waals surface area contributed by atoms with Crippen LogP contribution in [0.4, 0.5) is 0 Å². The van der Waals surface area contributed by atoms with Gasteiger partial charge in [-0.05, 0) is 39.5 Å². The predicted molar refractivity (Wildman–Crippen MR) is 62.6 cm³/mol. The average Bonchev–Trinajstić information content (AvgIpc) is 2.65. The number of halogens is 1. The van der Waals surface area contributed by atoms with E-state index in [1.807, 2.05) is 18.3 Å². The van der Waals surface area contributed by atoms with Gasteiger partial charge in [0.2, 0.25) is 0 Å². The zero-order chi connectivity index (χ0) is 9.54. The lowest BCUT2D eigenvalue weighted by Crippen LogP contribution is -1.83. The molecule has 0 saturated heterocycles. The third-order valence-electron chi connectivity index (χ3n) is 2.11. The Bertz CT molecular complexity index is 618. The maximum Gasteiger partial charge on any atom is 0.106 e. The first-order valence-corrected chi connectivity index (χ1v) is 5.80. The first-order chi connectivity index (χ1) is 6.84. The molecule has 0 unspecified atom stereocenters. The van der Waals surface area contributed by atoms with Gasteiger partial charge in [-0.3, -0.25) is 4.98 Å². The number of rotatable bonds is 0. The number of aromatic nitrogens is 2. The largest absolute Gasteiger partial charge is 0.253 e. The van der Waals surface area contributed by atoms with Gasteiger partial charge in [-0.25, -0.2) is 4.98 Å². The Labute approximate surface area is 92.7 Å². The second-order valence-corrected chi connectivity index (χ2v) is 4.72. The summed E-state index contributed by atoms with van der Waals surface area (Å²) in [6, 6.07) is 5.97. The number of fused-ring (bicyclic) bond motifs is 3. The summed E-state index contributed by atoms with van der Waals surface area (Å²) in [5.74, 6) is 0. The van der Waals surface area contributed by atoms with Crippen LogP contribution >= 0.6 is 27.3 Å². The highest BCUT2D eigenvalue weighted by Crippen LogP contribution is 2.26. The standard InChI is InChI=1S/C10H5BrN2S/c11-9-2-1-7-10(13-9)6-3-4-14-8(6)5-12-7/h1-5H. The van der Waals surface area contributed by atoms with Crippen LogP contribution in [0.25, 0.3) is 21.1 Å². The van der Waals surface area contributed by atoms with Crippen molar-refractivity contribution in [3.63, 3.8) is 0 Å². The Hall–Kier alpha value is -1.00. The molecule has 0 spiro atoms. The minimum absolute atomic E-state index is 0.852. The summed E-state index contributed by atoms with van der Waals surface area (Å²) in [6.07, 6.45) is 1.90. The summed E-state index contributed by atoms with van der Waals surface area (Å²) in [7, 11) is 0. The fraction of sp³-hybridized carbons (Fsp3) is 0. The molecule has 0 aromatic carbocycles. The summed E-state index contributed by atoms with van der Waals surface area (Å²) in [5, 5.41) is 3.25. The molecule has 68 valence electrons. The van der Waals surface area contributed by atoms with Gasteiger partial charge in [0, 0.05) is 11.6 Å². The van der Waals surface area contributed by atoms with Gasteiger partial charge in [0.05, 0.1) is 15.7 Å². The first kappa shape index (κ1) is 8.32. The summed E-state index contributed by atoms with van der Waals surface area (Å²) >= 11 is 5.06. The molecule has 3 rings (SSSR count). The Morgan fingerprint density at radius 3 is 3.07 bits per heavy atom. The molecule has 0 aliphatic rings. The zero-order valence-corrected chi connectivity index (χ0v) is 9.47. The van der Waals surface area contributed by atoms with Crippen LogP contribution in [0, 0.1) is 0 Å². The molecule has 0 N–H and O–H groups in total. The fourth-order valence-corrected chi connectivity index (χ4v) is 2.54. The predicted octanol–water partition coefficient (Wildman–Crippen LogP) is 3.61. The van der Waals surface area contributed by atoms with Gasteiger partial charge < -0.3 is 0 Å². The van der Waals surface area contributed by atoms with Crippen LogP contribution in [0.1, 0.15) is 0 Å². The topological polar surface area (TPSA) is 25.8 Å². The molecular weight excluding hydrogens is 260 g/mol. The maximum atomic E-state index is 4.44. The van der Waals surface area contributed by atoms with E-state index >= 15 is 0 Å². The zero-order valence-electron chi connectivity index (χ0n) is 7.07. The molecule has 0 saturated carbocycles. The van der Waals surface area contributed by atoms with Crippen molar-refractivity contribution in [3.05, 3.63) is 34.4 Å². The molecule has 3 aromatic heterocycles. The lowest BCUT2D eigenvalue weighted by molar-refractivity contribution is 1.33. The lowest BCUT2D eigenvalue weighted by Gasteiger charge is -1.98. The first-order valence-electron chi connectivity index (χ1n) is 4.13. The SMILES string of the molecule is Brc1ccc2ncc3sccc3c2n1. The van der Waals surface area contributed by atoms with Gasteiger partial charge >= 0.3 is 0 Å². The van der Waals surface area contributed by atoms with E-state index < -0.39 is 0 Å². The molecular formula is C10H5BrN2S. The smallest absolute Gasteiger partial charge is 0.106 e. The second-order valence-electron chi connectivity index (χ2n) is 2.96. The molecule has 0 fully saturated rings. The third kappa shape index (κ3) is 1.14. The van der Waals surface area contributed by atoms with E-state index in [0.29, 0.717) is 0 Å². The number of hydrogen-bond donors (Lipinski definition) is 0. The van der Waals surface area contributed by atoms with Crippen molar-refractivity contribution in [3.8, 4) is 0 Å². The van der Waals surface area contributed by atoms with Crippen LogP contribution in [-0.2, 0) is 0 Å². The Morgan fingerprint density at radius 2 is 2.14 bits per heavy atom. The van der Waals surface area contributed by atoms with Crippen molar-refractivity contribution in [2.45, 2.75) is 0 Å². The van der Waals surface area contributed by atoms with Crippen molar-refractivity contribution in [1.82, 2.24) is 9.97 Å². The third-order valence-corrected chi connectivity index (χ3v) is 3.40. The van der Waals surface area contributed by atoms with Crippen LogP contribution in [0.15, 0.2) is 34.4 Å². The molecule has 3 aromatic rings. The van der Waals surface area contributed by atoms with E-state index in [2.05, 4.69) is 37.3 Å². The normalized spacial score (nSPS) is 11.2. The van der Waals surface area contributed by atoms with Gasteiger partial charge in [0.15, 0.2) is 0 Å². The molecule has 0 atom stereocenters. The molecule has 0 radical (unpaired) electrons. The summed E-state index contributed by atoms with van der Waals surface area (Å²) in [4.78, 5) is 8.79. The van der Waals surface area contributed by atoms with Crippen LogP contribution in [0.2, 0.25) is 0 Å². The van der Waals surface area contributed by atoms with Gasteiger partial charge in [-0.2, -0.15) is 0 Å². The molecule has 2 nitrogen and oxygen atoms in total. The van der Waals surface area contributed by atoms with E-state index in [0.717, 1.165) is 15.6 Å². The molecule has 0 bridgehead atoms. The molecule has 0 aliphatic carbocycles. The highest BCUT2D eigenvalue weighted by molar-refractivity contribution is 9.10. The average molecular weight is 265 g/mol. The van der Waals surface area contributed by atoms with Gasteiger partial charge in [-0.15, -0.1) is 11.3 Å². The molecule has 14 heavy (non-hydrogen) atoms. The number of thiophene rings is 1. The van der Waals surface area contributed by atoms with Gasteiger partial charge in [0.1, 0.15) is 4.60 Å². The highest BCUT2D eigenvalue weighted by atomic mass is 79.9. The summed E-state index contributed by atoms with van der Waals surface area (Å²) in [5.41, 5.74) is 1.91. The monoisotopic (exact) mass is 264 g/mol. The van der Waals surface area contributed by atoms with Crippen LogP contribution in [-0.4, -0.2) is 9.97 Å². The Morgan fingerprint density at radius 1 is 1.21 bits per heavy atom. The van der Waals surface area contributed by atoms with E-state index in [-0.39, 0.29) is 0 Å². The van der Waals surface area contributed by atoms with Crippen LogP contribution < -0.4 is 0 Å². The van der Waals surface area contributed by atoms with Crippen molar-refractivity contribution in [2.75, 3.05) is 0 Å². The van der Waals surface area contributed by atoms with Crippen LogP contribution in [0.3, 0.4) is 0 Å². The van der Waals surface area contributed by atoms with E-state index in [1.165, 1.54) is 10.1 Å². The highest BCUT2D eigenvalue weighted by Gasteiger charge is 2.03. The molecule has 0 aliphatic heterocycles. The van der Waals surface area contributed by atoms with Crippen molar-refractivity contribution in [2.24, 2.45) is 0 Å². The van der Waals surface area contributed by atoms with Gasteiger partial charge in [0.25, 0.3) is 0 Å². The van der Waals surface area contributed by atoms with Crippen LogP contribution in [0.5, 0.6) is 0 Å². The van der Waals surface area contributed by atoms with E-state index in [1.54, 1.807) is 11.3 Å². The quantitative estimate of drug-likeness (QED) is 0.580. The van der Waals surface area contributed by atoms with Crippen molar-refractivity contribution in [1.29, 1.82) is 0 Å². The summed E-state index contributed by atoms with van der Waals surface area (Å²) in [6.45, 7) is 0. The Balaban J connectivity index is 2.60. The number of hydrogen-bond acceptors (Lipinski definition) is 3. The van der Waals surface area contributed by atoms with Crippen molar-refractivity contribution >= 4 is 48.4 Å². The van der Waals surface area contributed by atoms with E-state index in [9.17, 15) is 0 Å². The number of nitrogens with zero attached hydrogens (tertiary/aromatic N) is 2. The Kier molecular flexibility index (Phi) is 1.78. The summed E-state index contributed by atoms with van der Waals surface area (Å²) < 4.78 is 2.04. The van der Waals surface area contributed by atoms with Crippen molar-refractivity contribution < 1.29 is 0 Å². The number of pyridine rings is 2. The minimum atomic E-state index is 0.852. The lowest BCUT2D eigenvalue weighted by atomic mass is 10.2. The van der Waals surface area contributed by atoms with E-state index in [4.69, 9.17) is 0 Å². The minimum Gasteiger partial charge on any atom is -0.253 e. The fourth-order valence-electron chi connectivity index (χ4n) is 1.48.